The number of aliphatic hydroxyl groups excluding tert-OH is 2. The highest BCUT2D eigenvalue weighted by atomic mass is 16.5. The average Bonchev–Trinajstić information content (AvgIpc) is 3.17. The normalized spacial score (nSPS) is 20.7. The average molecular weight is 402 g/mol. The van der Waals surface area contributed by atoms with E-state index in [2.05, 4.69) is 10.1 Å². The van der Waals surface area contributed by atoms with E-state index in [-0.39, 0.29) is 18.6 Å². The van der Waals surface area contributed by atoms with Crippen LogP contribution in [0.15, 0.2) is 16.7 Å². The van der Waals surface area contributed by atoms with Crippen molar-refractivity contribution in [1.29, 1.82) is 0 Å². The number of hydrogen-bond donors (Lipinski definition) is 2. The number of benzene rings is 1. The summed E-state index contributed by atoms with van der Waals surface area (Å²) in [5.74, 6) is 2.07. The number of rotatable bonds is 8. The van der Waals surface area contributed by atoms with Crippen LogP contribution in [0.3, 0.4) is 0 Å². The fourth-order valence-electron chi connectivity index (χ4n) is 3.90. The number of ether oxygens (including phenoxy) is 1. The molecular formula is C22H30N2O5. The molecule has 3 rings (SSSR count). The van der Waals surface area contributed by atoms with Gasteiger partial charge in [0.2, 0.25) is 11.7 Å². The number of aryl methyl sites for hydroxylation is 3. The Morgan fingerprint density at radius 2 is 2.00 bits per heavy atom. The monoisotopic (exact) mass is 402 g/mol. The second kappa shape index (κ2) is 9.05. The maximum Gasteiger partial charge on any atom is 0.226 e. The van der Waals surface area contributed by atoms with Crippen molar-refractivity contribution in [3.8, 4) is 17.1 Å². The smallest absolute Gasteiger partial charge is 0.226 e. The topological polar surface area (TPSA) is 106 Å². The van der Waals surface area contributed by atoms with Gasteiger partial charge in [-0.3, -0.25) is 4.79 Å². The Bertz CT molecular complexity index is 840. The molecule has 2 atom stereocenters. The molecule has 1 aromatic heterocycles. The first kappa shape index (κ1) is 21.5. The summed E-state index contributed by atoms with van der Waals surface area (Å²) in [5.41, 5.74) is 2.32. The van der Waals surface area contributed by atoms with Gasteiger partial charge in [-0.2, -0.15) is 4.98 Å². The lowest BCUT2D eigenvalue weighted by Gasteiger charge is -2.31. The van der Waals surface area contributed by atoms with E-state index in [0.29, 0.717) is 36.1 Å². The van der Waals surface area contributed by atoms with Crippen molar-refractivity contribution in [3.63, 3.8) is 0 Å². The van der Waals surface area contributed by atoms with Crippen LogP contribution in [0.5, 0.6) is 5.75 Å². The molecule has 7 nitrogen and oxygen atoms in total. The van der Waals surface area contributed by atoms with Crippen LogP contribution in [0.4, 0.5) is 0 Å². The van der Waals surface area contributed by atoms with Gasteiger partial charge in [0.25, 0.3) is 0 Å². The highest BCUT2D eigenvalue weighted by molar-refractivity contribution is 5.85. The van der Waals surface area contributed by atoms with Gasteiger partial charge in [0.1, 0.15) is 24.2 Å². The number of ketones is 1. The third kappa shape index (κ3) is 5.03. The maximum absolute atomic E-state index is 12.3. The molecule has 1 fully saturated rings. The lowest BCUT2D eigenvalue weighted by Crippen LogP contribution is -2.31. The lowest BCUT2D eigenvalue weighted by atomic mass is 9.72. The number of aliphatic hydroxyl groups is 2. The Balaban J connectivity index is 1.69. The molecule has 0 radical (unpaired) electrons. The molecule has 0 unspecified atom stereocenters. The Hall–Kier alpha value is -2.25. The van der Waals surface area contributed by atoms with E-state index in [1.807, 2.05) is 32.9 Å². The molecule has 0 aliphatic heterocycles. The molecule has 158 valence electrons. The number of carbonyl (C=O) groups excluding carboxylic acids is 1. The molecule has 1 heterocycles. The van der Waals surface area contributed by atoms with Crippen LogP contribution in [0.2, 0.25) is 0 Å². The van der Waals surface area contributed by atoms with Gasteiger partial charge in [0.15, 0.2) is 0 Å². The van der Waals surface area contributed by atoms with Crippen molar-refractivity contribution in [2.75, 3.05) is 13.2 Å². The minimum atomic E-state index is -0.911. The van der Waals surface area contributed by atoms with E-state index in [1.165, 1.54) is 0 Å². The van der Waals surface area contributed by atoms with Crippen molar-refractivity contribution in [2.24, 2.45) is 5.41 Å². The van der Waals surface area contributed by atoms with Gasteiger partial charge < -0.3 is 19.5 Å². The molecule has 1 aliphatic rings. The number of nitrogens with zero attached hydrogens (tertiary/aromatic N) is 2. The molecule has 2 aromatic rings. The van der Waals surface area contributed by atoms with Gasteiger partial charge in [0, 0.05) is 23.8 Å². The zero-order valence-electron chi connectivity index (χ0n) is 17.4. The van der Waals surface area contributed by atoms with Crippen LogP contribution in [0.25, 0.3) is 11.4 Å². The first-order chi connectivity index (χ1) is 13.8. The minimum Gasteiger partial charge on any atom is -0.490 e. The number of carbonyl (C=O) groups is 1. The van der Waals surface area contributed by atoms with Crippen LogP contribution in [0.1, 0.15) is 56.0 Å². The molecule has 0 amide bonds. The van der Waals surface area contributed by atoms with E-state index in [9.17, 15) is 9.90 Å². The fourth-order valence-corrected chi connectivity index (χ4v) is 3.90. The summed E-state index contributed by atoms with van der Waals surface area (Å²) in [6, 6.07) is 3.82. The molecule has 7 heteroatoms. The van der Waals surface area contributed by atoms with E-state index in [4.69, 9.17) is 14.4 Å². The number of Topliss-reactive ketones (excluding diaryl/α,β-unsaturated/α-hetero) is 1. The molecule has 0 saturated heterocycles. The summed E-state index contributed by atoms with van der Waals surface area (Å²) in [6.45, 7) is 5.56. The molecule has 1 aliphatic carbocycles. The van der Waals surface area contributed by atoms with E-state index in [1.54, 1.807) is 0 Å². The van der Waals surface area contributed by atoms with Gasteiger partial charge in [-0.15, -0.1) is 0 Å². The van der Waals surface area contributed by atoms with Crippen LogP contribution >= 0.6 is 0 Å². The SMILES string of the molecule is Cc1cc(-c2noc(CC[C@]3(C)CCCCC3=O)n2)cc(C)c1OC[C@@H](O)CO. The highest BCUT2D eigenvalue weighted by Gasteiger charge is 2.35. The van der Waals surface area contributed by atoms with Crippen LogP contribution < -0.4 is 4.74 Å². The largest absolute Gasteiger partial charge is 0.490 e. The molecular weight excluding hydrogens is 372 g/mol. The van der Waals surface area contributed by atoms with Crippen molar-refractivity contribution in [3.05, 3.63) is 29.2 Å². The number of aromatic nitrogens is 2. The summed E-state index contributed by atoms with van der Waals surface area (Å²) in [5, 5.41) is 22.5. The quantitative estimate of drug-likeness (QED) is 0.698. The van der Waals surface area contributed by atoms with E-state index < -0.39 is 6.10 Å². The number of hydrogen-bond acceptors (Lipinski definition) is 7. The van der Waals surface area contributed by atoms with Crippen LogP contribution in [0, 0.1) is 19.3 Å². The Labute approximate surface area is 171 Å². The van der Waals surface area contributed by atoms with Crippen LogP contribution in [-0.2, 0) is 11.2 Å². The first-order valence-corrected chi connectivity index (χ1v) is 10.2. The molecule has 0 bridgehead atoms. The molecule has 1 aromatic carbocycles. The molecule has 1 saturated carbocycles. The van der Waals surface area contributed by atoms with Gasteiger partial charge in [0.05, 0.1) is 6.61 Å². The highest BCUT2D eigenvalue weighted by Crippen LogP contribution is 2.37. The maximum atomic E-state index is 12.3. The van der Waals surface area contributed by atoms with Crippen molar-refractivity contribution in [2.45, 2.75) is 65.4 Å². The second-order valence-corrected chi connectivity index (χ2v) is 8.29. The minimum absolute atomic E-state index is 0.0291. The van der Waals surface area contributed by atoms with Gasteiger partial charge in [-0.25, -0.2) is 0 Å². The Kier molecular flexibility index (Phi) is 6.70. The van der Waals surface area contributed by atoms with Crippen molar-refractivity contribution >= 4 is 5.78 Å². The third-order valence-electron chi connectivity index (χ3n) is 5.76. The molecule has 2 N–H and O–H groups in total. The van der Waals surface area contributed by atoms with Crippen molar-refractivity contribution < 1.29 is 24.3 Å². The van der Waals surface area contributed by atoms with Gasteiger partial charge in [-0.05, 0) is 56.4 Å². The predicted octanol–water partition coefficient (Wildman–Crippen LogP) is 3.17. The summed E-state index contributed by atoms with van der Waals surface area (Å²) < 4.78 is 11.1. The summed E-state index contributed by atoms with van der Waals surface area (Å²) in [7, 11) is 0. The molecule has 29 heavy (non-hydrogen) atoms. The summed E-state index contributed by atoms with van der Waals surface area (Å²) >= 11 is 0. The lowest BCUT2D eigenvalue weighted by molar-refractivity contribution is -0.130. The predicted molar refractivity (Wildman–Crippen MR) is 108 cm³/mol. The molecule has 0 spiro atoms. The zero-order chi connectivity index (χ0) is 21.0. The third-order valence-corrected chi connectivity index (χ3v) is 5.76. The Morgan fingerprint density at radius 1 is 1.28 bits per heavy atom. The fraction of sp³-hybridized carbons (Fsp3) is 0.591. The standard InChI is InChI=1S/C22H30N2O5/c1-14-10-16(11-15(2)20(14)28-13-17(26)12-25)21-23-19(29-24-21)7-9-22(3)8-5-4-6-18(22)27/h10-11,17,25-26H,4-9,12-13H2,1-3H3/t17-,22-/m0/s1. The van der Waals surface area contributed by atoms with Crippen LogP contribution in [-0.4, -0.2) is 45.5 Å². The summed E-state index contributed by atoms with van der Waals surface area (Å²) in [4.78, 5) is 16.8. The Morgan fingerprint density at radius 3 is 2.66 bits per heavy atom. The van der Waals surface area contributed by atoms with Crippen molar-refractivity contribution in [1.82, 2.24) is 10.1 Å². The zero-order valence-corrected chi connectivity index (χ0v) is 17.4. The van der Waals surface area contributed by atoms with Gasteiger partial charge in [-0.1, -0.05) is 18.5 Å². The van der Waals surface area contributed by atoms with E-state index in [0.717, 1.165) is 42.4 Å². The summed E-state index contributed by atoms with van der Waals surface area (Å²) in [6.07, 6.45) is 4.10. The van der Waals surface area contributed by atoms with E-state index >= 15 is 0 Å². The first-order valence-electron chi connectivity index (χ1n) is 10.2. The van der Waals surface area contributed by atoms with Gasteiger partial charge >= 0.3 is 0 Å². The second-order valence-electron chi connectivity index (χ2n) is 8.29.